The van der Waals surface area contributed by atoms with E-state index in [0.29, 0.717) is 24.5 Å². The third-order valence-corrected chi connectivity index (χ3v) is 4.36. The molecule has 0 radical (unpaired) electrons. The molecule has 6 nitrogen and oxygen atoms in total. The highest BCUT2D eigenvalue weighted by molar-refractivity contribution is 6.31. The summed E-state index contributed by atoms with van der Waals surface area (Å²) in [5.74, 6) is 0.880. The van der Waals surface area contributed by atoms with E-state index in [1.54, 1.807) is 0 Å². The van der Waals surface area contributed by atoms with Gasteiger partial charge in [-0.3, -0.25) is 9.89 Å². The van der Waals surface area contributed by atoms with Crippen LogP contribution in [0.5, 0.6) is 0 Å². The molecule has 0 aliphatic carbocycles. The summed E-state index contributed by atoms with van der Waals surface area (Å²) in [6.07, 6.45) is 0.720. The van der Waals surface area contributed by atoms with Crippen LogP contribution in [0.15, 0.2) is 18.2 Å². The molecular weight excluding hydrogens is 335 g/mol. The fourth-order valence-electron chi connectivity index (χ4n) is 2.76. The van der Waals surface area contributed by atoms with Crippen molar-refractivity contribution in [3.8, 4) is 0 Å². The average Bonchev–Trinajstić information content (AvgIpc) is 3.16. The zero-order chi connectivity index (χ0) is 17.1. The van der Waals surface area contributed by atoms with Crippen LogP contribution in [0.1, 0.15) is 29.7 Å². The predicted molar refractivity (Wildman–Crippen MR) is 86.0 cm³/mol. The zero-order valence-corrected chi connectivity index (χ0v) is 13.9. The first-order valence-corrected chi connectivity index (χ1v) is 8.12. The van der Waals surface area contributed by atoms with Crippen LogP contribution in [0, 0.1) is 18.7 Å². The number of benzene rings is 1. The molecule has 1 fully saturated rings. The van der Waals surface area contributed by atoms with E-state index in [1.807, 2.05) is 6.92 Å². The van der Waals surface area contributed by atoms with E-state index in [4.69, 9.17) is 16.3 Å². The van der Waals surface area contributed by atoms with Gasteiger partial charge in [-0.2, -0.15) is 5.10 Å². The Bertz CT molecular complexity index is 737. The van der Waals surface area contributed by atoms with Gasteiger partial charge in [0.05, 0.1) is 6.42 Å². The molecule has 1 aliphatic heterocycles. The minimum Gasteiger partial charge on any atom is -0.370 e. The minimum absolute atomic E-state index is 0.108. The molecule has 0 saturated carbocycles. The maximum Gasteiger partial charge on any atom is 0.224 e. The molecule has 128 valence electrons. The fraction of sp³-hybridized carbons (Fsp3) is 0.438. The van der Waals surface area contributed by atoms with Crippen LogP contribution in [0.4, 0.5) is 4.39 Å². The molecule has 24 heavy (non-hydrogen) atoms. The van der Waals surface area contributed by atoms with Crippen LogP contribution in [-0.4, -0.2) is 34.2 Å². The third kappa shape index (κ3) is 3.91. The number of ether oxygens (including phenoxy) is 1. The monoisotopic (exact) mass is 352 g/mol. The summed E-state index contributed by atoms with van der Waals surface area (Å²) in [6, 6.07) is 4.02. The van der Waals surface area contributed by atoms with Crippen molar-refractivity contribution >= 4 is 17.5 Å². The zero-order valence-electron chi connectivity index (χ0n) is 13.2. The lowest BCUT2D eigenvalue weighted by Crippen LogP contribution is -2.32. The summed E-state index contributed by atoms with van der Waals surface area (Å²) in [7, 11) is 0. The topological polar surface area (TPSA) is 79.9 Å². The number of aromatic nitrogens is 3. The number of amides is 1. The lowest BCUT2D eigenvalue weighted by atomic mass is 10.0. The van der Waals surface area contributed by atoms with Crippen LogP contribution < -0.4 is 5.32 Å². The summed E-state index contributed by atoms with van der Waals surface area (Å²) in [5, 5.41) is 10.1. The van der Waals surface area contributed by atoms with Crippen molar-refractivity contribution in [2.45, 2.75) is 25.9 Å². The number of aromatic amines is 1. The molecular formula is C16H18ClFN4O2. The van der Waals surface area contributed by atoms with Crippen LogP contribution in [0.25, 0.3) is 0 Å². The molecule has 0 unspecified atom stereocenters. The first-order valence-electron chi connectivity index (χ1n) is 7.74. The van der Waals surface area contributed by atoms with E-state index in [0.717, 1.165) is 12.2 Å². The number of rotatable bonds is 5. The number of halogens is 2. The molecule has 0 spiro atoms. The molecule has 1 amide bonds. The Morgan fingerprint density at radius 3 is 3.08 bits per heavy atom. The van der Waals surface area contributed by atoms with Gasteiger partial charge in [-0.25, -0.2) is 9.37 Å². The molecule has 2 N–H and O–H groups in total. The molecule has 1 aromatic heterocycles. The number of nitrogens with one attached hydrogen (secondary N) is 2. The normalized spacial score (nSPS) is 20.3. The largest absolute Gasteiger partial charge is 0.370 e. The maximum absolute atomic E-state index is 13.0. The highest BCUT2D eigenvalue weighted by Crippen LogP contribution is 2.32. The van der Waals surface area contributed by atoms with Crippen molar-refractivity contribution in [3.63, 3.8) is 0 Å². The van der Waals surface area contributed by atoms with Gasteiger partial charge in [-0.1, -0.05) is 17.7 Å². The van der Waals surface area contributed by atoms with Crippen LogP contribution in [0.3, 0.4) is 0 Å². The first kappa shape index (κ1) is 16.9. The van der Waals surface area contributed by atoms with Gasteiger partial charge in [-0.15, -0.1) is 0 Å². The number of carbonyl (C=O) groups excluding carboxylic acids is 1. The van der Waals surface area contributed by atoms with E-state index in [-0.39, 0.29) is 29.4 Å². The summed E-state index contributed by atoms with van der Waals surface area (Å²) in [6.45, 7) is 2.91. The SMILES string of the molecule is Cc1nc([C@H]2OCC[C@H]2CNC(=O)Cc2ccc(F)cc2Cl)n[nH]1. The Labute approximate surface area is 143 Å². The molecule has 3 rings (SSSR count). The Kier molecular flexibility index (Phi) is 5.11. The standard InChI is InChI=1S/C16H18ClFN4O2/c1-9-20-16(22-21-9)15-11(4-5-24-15)8-19-14(23)6-10-2-3-12(18)7-13(10)17/h2-3,7,11,15H,4-6,8H2,1H3,(H,19,23)(H,20,21,22)/t11-,15-/m0/s1. The van der Waals surface area contributed by atoms with Crippen molar-refractivity contribution in [2.24, 2.45) is 5.92 Å². The Balaban J connectivity index is 1.55. The lowest BCUT2D eigenvalue weighted by molar-refractivity contribution is -0.120. The number of hydrogen-bond donors (Lipinski definition) is 2. The molecule has 1 aromatic carbocycles. The number of hydrogen-bond acceptors (Lipinski definition) is 4. The van der Waals surface area contributed by atoms with Crippen LogP contribution in [-0.2, 0) is 16.0 Å². The van der Waals surface area contributed by atoms with Gasteiger partial charge in [-0.05, 0) is 31.0 Å². The van der Waals surface area contributed by atoms with Gasteiger partial charge in [0, 0.05) is 24.1 Å². The van der Waals surface area contributed by atoms with E-state index in [2.05, 4.69) is 20.5 Å². The Hall–Kier alpha value is -1.99. The molecule has 2 atom stereocenters. The molecule has 8 heteroatoms. The summed E-state index contributed by atoms with van der Waals surface area (Å²) >= 11 is 5.95. The van der Waals surface area contributed by atoms with E-state index in [1.165, 1.54) is 18.2 Å². The van der Waals surface area contributed by atoms with Crippen molar-refractivity contribution in [3.05, 3.63) is 46.3 Å². The van der Waals surface area contributed by atoms with Crippen molar-refractivity contribution in [2.75, 3.05) is 13.2 Å². The number of H-pyrrole nitrogens is 1. The Morgan fingerprint density at radius 1 is 1.54 bits per heavy atom. The van der Waals surface area contributed by atoms with Gasteiger partial charge in [0.2, 0.25) is 5.91 Å². The summed E-state index contributed by atoms with van der Waals surface area (Å²) < 4.78 is 18.7. The lowest BCUT2D eigenvalue weighted by Gasteiger charge is -2.16. The predicted octanol–water partition coefficient (Wildman–Crippen LogP) is 2.34. The highest BCUT2D eigenvalue weighted by atomic mass is 35.5. The maximum atomic E-state index is 13.0. The van der Waals surface area contributed by atoms with Crippen molar-refractivity contribution in [1.29, 1.82) is 0 Å². The van der Waals surface area contributed by atoms with Gasteiger partial charge < -0.3 is 10.1 Å². The third-order valence-electron chi connectivity index (χ3n) is 4.01. The van der Waals surface area contributed by atoms with Crippen molar-refractivity contribution < 1.29 is 13.9 Å². The first-order chi connectivity index (χ1) is 11.5. The number of carbonyl (C=O) groups is 1. The number of nitrogens with zero attached hydrogens (tertiary/aromatic N) is 2. The molecule has 1 saturated heterocycles. The van der Waals surface area contributed by atoms with Crippen LogP contribution >= 0.6 is 11.6 Å². The number of aryl methyl sites for hydroxylation is 1. The van der Waals surface area contributed by atoms with Gasteiger partial charge in [0.1, 0.15) is 17.7 Å². The van der Waals surface area contributed by atoms with Gasteiger partial charge in [0.25, 0.3) is 0 Å². The van der Waals surface area contributed by atoms with Crippen molar-refractivity contribution in [1.82, 2.24) is 20.5 Å². The summed E-state index contributed by atoms with van der Waals surface area (Å²) in [4.78, 5) is 16.4. The second kappa shape index (κ2) is 7.27. The van der Waals surface area contributed by atoms with Gasteiger partial charge in [0.15, 0.2) is 5.82 Å². The average molecular weight is 353 g/mol. The molecule has 1 aliphatic rings. The van der Waals surface area contributed by atoms with Crippen LogP contribution in [0.2, 0.25) is 5.02 Å². The second-order valence-electron chi connectivity index (χ2n) is 5.84. The highest BCUT2D eigenvalue weighted by Gasteiger charge is 2.32. The van der Waals surface area contributed by atoms with E-state index in [9.17, 15) is 9.18 Å². The van der Waals surface area contributed by atoms with E-state index >= 15 is 0 Å². The smallest absolute Gasteiger partial charge is 0.224 e. The fourth-order valence-corrected chi connectivity index (χ4v) is 3.00. The molecule has 2 heterocycles. The quantitative estimate of drug-likeness (QED) is 0.865. The van der Waals surface area contributed by atoms with E-state index < -0.39 is 5.82 Å². The summed E-state index contributed by atoms with van der Waals surface area (Å²) in [5.41, 5.74) is 0.597. The minimum atomic E-state index is -0.420. The second-order valence-corrected chi connectivity index (χ2v) is 6.24. The Morgan fingerprint density at radius 2 is 2.38 bits per heavy atom. The molecule has 2 aromatic rings. The van der Waals surface area contributed by atoms with Gasteiger partial charge >= 0.3 is 0 Å². The molecule has 0 bridgehead atoms.